The van der Waals surface area contributed by atoms with E-state index in [9.17, 15) is 9.59 Å². The number of nitrogens with zero attached hydrogens (tertiary/aromatic N) is 3. The van der Waals surface area contributed by atoms with E-state index >= 15 is 0 Å². The molecule has 1 rings (SSSR count). The summed E-state index contributed by atoms with van der Waals surface area (Å²) in [6.07, 6.45) is 0. The fourth-order valence-electron chi connectivity index (χ4n) is 1.94. The summed E-state index contributed by atoms with van der Waals surface area (Å²) in [5, 5.41) is 12.8. The van der Waals surface area contributed by atoms with Crippen molar-refractivity contribution in [2.24, 2.45) is 0 Å². The fourth-order valence-corrected chi connectivity index (χ4v) is 1.94. The van der Waals surface area contributed by atoms with Gasteiger partial charge in [0.1, 0.15) is 12.1 Å². The van der Waals surface area contributed by atoms with Gasteiger partial charge in [0.2, 0.25) is 0 Å². The van der Waals surface area contributed by atoms with Crippen LogP contribution in [0.15, 0.2) is 4.52 Å². The molecule has 0 saturated carbocycles. The number of hydrogen-bond donors (Lipinski definition) is 1. The Bertz CT molecular complexity index is 508. The van der Waals surface area contributed by atoms with Crippen molar-refractivity contribution in [3.05, 3.63) is 17.0 Å². The van der Waals surface area contributed by atoms with Gasteiger partial charge in [-0.3, -0.25) is 9.59 Å². The highest BCUT2D eigenvalue weighted by Crippen LogP contribution is 2.23. The zero-order valence-electron chi connectivity index (χ0n) is 13.2. The first kappa shape index (κ1) is 17.2. The van der Waals surface area contributed by atoms with Crippen LogP contribution >= 0.6 is 0 Å². The van der Waals surface area contributed by atoms with Crippen molar-refractivity contribution < 1.29 is 19.2 Å². The van der Waals surface area contributed by atoms with Gasteiger partial charge in [-0.25, -0.2) is 0 Å². The number of carboxylic acid groups (broad SMARTS) is 1. The summed E-state index contributed by atoms with van der Waals surface area (Å²) in [6, 6.07) is 0. The highest BCUT2D eigenvalue weighted by atomic mass is 16.5. The predicted molar refractivity (Wildman–Crippen MR) is 77.4 cm³/mol. The van der Waals surface area contributed by atoms with E-state index in [1.807, 2.05) is 32.8 Å². The van der Waals surface area contributed by atoms with Crippen molar-refractivity contribution in [2.75, 3.05) is 33.7 Å². The summed E-state index contributed by atoms with van der Waals surface area (Å²) in [4.78, 5) is 26.8. The van der Waals surface area contributed by atoms with Gasteiger partial charge in [-0.2, -0.15) is 0 Å². The van der Waals surface area contributed by atoms with Gasteiger partial charge in [-0.1, -0.05) is 19.0 Å². The number of likely N-dealkylation sites (N-methyl/N-ethyl adjacent to an activating group) is 1. The molecule has 0 spiro atoms. The molecule has 1 N–H and O–H groups in total. The second-order valence-corrected chi connectivity index (χ2v) is 5.59. The van der Waals surface area contributed by atoms with E-state index in [0.717, 1.165) is 0 Å². The molecule has 21 heavy (non-hydrogen) atoms. The minimum atomic E-state index is -1.04. The molecule has 0 atom stereocenters. The Morgan fingerprint density at radius 3 is 2.38 bits per heavy atom. The van der Waals surface area contributed by atoms with Gasteiger partial charge < -0.3 is 19.4 Å². The monoisotopic (exact) mass is 297 g/mol. The maximum Gasteiger partial charge on any atom is 0.323 e. The van der Waals surface area contributed by atoms with Crippen molar-refractivity contribution in [3.8, 4) is 0 Å². The van der Waals surface area contributed by atoms with Crippen LogP contribution in [0.25, 0.3) is 0 Å². The average Bonchev–Trinajstić information content (AvgIpc) is 2.75. The first-order valence-corrected chi connectivity index (χ1v) is 6.86. The zero-order valence-corrected chi connectivity index (χ0v) is 13.2. The molecule has 0 unspecified atom stereocenters. The van der Waals surface area contributed by atoms with E-state index in [-0.39, 0.29) is 18.4 Å². The van der Waals surface area contributed by atoms with Gasteiger partial charge in [-0.05, 0) is 21.0 Å². The van der Waals surface area contributed by atoms with Crippen molar-refractivity contribution >= 4 is 11.9 Å². The molecule has 0 fully saturated rings. The number of carbonyl (C=O) groups is 2. The summed E-state index contributed by atoms with van der Waals surface area (Å²) in [6.45, 7) is 6.07. The van der Waals surface area contributed by atoms with Crippen LogP contribution in [0.2, 0.25) is 0 Å². The minimum Gasteiger partial charge on any atom is -0.480 e. The van der Waals surface area contributed by atoms with Crippen LogP contribution in [-0.4, -0.2) is 65.7 Å². The number of carbonyl (C=O) groups excluding carboxylic acids is 1. The number of amides is 1. The second kappa shape index (κ2) is 7.21. The number of aromatic nitrogens is 1. The summed E-state index contributed by atoms with van der Waals surface area (Å²) in [5.41, 5.74) is 0.869. The Labute approximate surface area is 124 Å². The smallest absolute Gasteiger partial charge is 0.323 e. The van der Waals surface area contributed by atoms with E-state index in [1.54, 1.807) is 6.92 Å². The van der Waals surface area contributed by atoms with Gasteiger partial charge in [0.15, 0.2) is 5.76 Å². The van der Waals surface area contributed by atoms with Gasteiger partial charge in [0.25, 0.3) is 5.91 Å². The molecule has 7 nitrogen and oxygen atoms in total. The topological polar surface area (TPSA) is 86.9 Å². The summed E-state index contributed by atoms with van der Waals surface area (Å²) in [5.74, 6) is -0.882. The molecule has 1 heterocycles. The van der Waals surface area contributed by atoms with Gasteiger partial charge >= 0.3 is 5.97 Å². The Morgan fingerprint density at radius 1 is 1.29 bits per heavy atom. The van der Waals surface area contributed by atoms with E-state index in [2.05, 4.69) is 5.16 Å². The lowest BCUT2D eigenvalue weighted by atomic mass is 10.0. The zero-order chi connectivity index (χ0) is 16.2. The van der Waals surface area contributed by atoms with E-state index < -0.39 is 5.97 Å². The summed E-state index contributed by atoms with van der Waals surface area (Å²) in [7, 11) is 3.74. The van der Waals surface area contributed by atoms with Crippen molar-refractivity contribution in [2.45, 2.75) is 26.7 Å². The Hall–Kier alpha value is -1.89. The number of carboxylic acids is 1. The highest BCUT2D eigenvalue weighted by Gasteiger charge is 2.27. The molecule has 0 aliphatic heterocycles. The van der Waals surface area contributed by atoms with Crippen LogP contribution in [0.1, 0.15) is 41.6 Å². The SMILES string of the molecule is Cc1noc(C(C)C)c1C(=O)N(CCN(C)C)CC(=O)O. The lowest BCUT2D eigenvalue weighted by molar-refractivity contribution is -0.137. The van der Waals surface area contributed by atoms with Crippen molar-refractivity contribution in [3.63, 3.8) is 0 Å². The molecule has 118 valence electrons. The number of hydrogen-bond acceptors (Lipinski definition) is 5. The van der Waals surface area contributed by atoms with Crippen LogP contribution in [0, 0.1) is 6.92 Å². The number of rotatable bonds is 7. The molecular formula is C14H23N3O4. The van der Waals surface area contributed by atoms with Crippen LogP contribution in [0.3, 0.4) is 0 Å². The molecule has 7 heteroatoms. The molecule has 0 radical (unpaired) electrons. The maximum atomic E-state index is 12.6. The number of aryl methyl sites for hydroxylation is 1. The van der Waals surface area contributed by atoms with Crippen LogP contribution in [0.4, 0.5) is 0 Å². The third kappa shape index (κ3) is 4.56. The molecule has 0 saturated heterocycles. The minimum absolute atomic E-state index is 0.00526. The van der Waals surface area contributed by atoms with E-state index in [4.69, 9.17) is 9.63 Å². The van der Waals surface area contributed by atoms with E-state index in [0.29, 0.717) is 30.1 Å². The van der Waals surface area contributed by atoms with Gasteiger partial charge in [0, 0.05) is 19.0 Å². The average molecular weight is 297 g/mol. The van der Waals surface area contributed by atoms with Gasteiger partial charge in [0.05, 0.1) is 5.69 Å². The predicted octanol–water partition coefficient (Wildman–Crippen LogP) is 1.19. The van der Waals surface area contributed by atoms with Crippen LogP contribution < -0.4 is 0 Å². The highest BCUT2D eigenvalue weighted by molar-refractivity contribution is 5.97. The molecular weight excluding hydrogens is 274 g/mol. The summed E-state index contributed by atoms with van der Waals surface area (Å²) >= 11 is 0. The molecule has 0 aliphatic rings. The Balaban J connectivity index is 3.04. The summed E-state index contributed by atoms with van der Waals surface area (Å²) < 4.78 is 5.20. The molecule has 0 aromatic carbocycles. The normalized spacial score (nSPS) is 11.2. The van der Waals surface area contributed by atoms with Crippen LogP contribution in [0.5, 0.6) is 0 Å². The standard InChI is InChI=1S/C14H23N3O4/c1-9(2)13-12(10(3)15-21-13)14(20)17(8-11(18)19)7-6-16(4)5/h9H,6-8H2,1-5H3,(H,18,19). The lowest BCUT2D eigenvalue weighted by Crippen LogP contribution is -2.40. The quantitative estimate of drug-likeness (QED) is 0.813. The third-order valence-electron chi connectivity index (χ3n) is 3.06. The molecule has 1 amide bonds. The molecule has 1 aromatic heterocycles. The fraction of sp³-hybridized carbons (Fsp3) is 0.643. The second-order valence-electron chi connectivity index (χ2n) is 5.59. The maximum absolute atomic E-state index is 12.6. The largest absolute Gasteiger partial charge is 0.480 e. The Morgan fingerprint density at radius 2 is 1.90 bits per heavy atom. The van der Waals surface area contributed by atoms with E-state index in [1.165, 1.54) is 4.90 Å². The number of aliphatic carboxylic acids is 1. The van der Waals surface area contributed by atoms with Crippen LogP contribution in [-0.2, 0) is 4.79 Å². The van der Waals surface area contributed by atoms with Crippen molar-refractivity contribution in [1.29, 1.82) is 0 Å². The molecule has 0 aliphatic carbocycles. The first-order chi connectivity index (χ1) is 9.73. The lowest BCUT2D eigenvalue weighted by Gasteiger charge is -2.23. The third-order valence-corrected chi connectivity index (χ3v) is 3.06. The molecule has 0 bridgehead atoms. The van der Waals surface area contributed by atoms with Crippen molar-refractivity contribution in [1.82, 2.24) is 15.0 Å². The van der Waals surface area contributed by atoms with Gasteiger partial charge in [-0.15, -0.1) is 0 Å². The Kier molecular flexibility index (Phi) is 5.90. The molecule has 1 aromatic rings. The first-order valence-electron chi connectivity index (χ1n) is 6.86.